The highest BCUT2D eigenvalue weighted by atomic mass is 19.4. The molecular weight excluding hydrogens is 297 g/mol. The number of methoxy groups -OCH3 is 1. The minimum Gasteiger partial charge on any atom is -0.466 e. The molecule has 0 saturated carbocycles. The number of esters is 1. The van der Waals surface area contributed by atoms with Crippen molar-refractivity contribution in [3.63, 3.8) is 0 Å². The van der Waals surface area contributed by atoms with E-state index in [0.29, 0.717) is 18.7 Å². The molecule has 0 atom stereocenters. The summed E-state index contributed by atoms with van der Waals surface area (Å²) in [5, 5.41) is 0. The Morgan fingerprint density at radius 2 is 1.95 bits per heavy atom. The summed E-state index contributed by atoms with van der Waals surface area (Å²) >= 11 is 0. The number of pyridine rings is 1. The van der Waals surface area contributed by atoms with E-state index in [1.54, 1.807) is 0 Å². The minimum absolute atomic E-state index is 0.259. The van der Waals surface area contributed by atoms with Crippen LogP contribution in [0.4, 0.5) is 19.0 Å². The third-order valence-corrected chi connectivity index (χ3v) is 3.45. The highest BCUT2D eigenvalue weighted by Gasteiger charge is 2.33. The van der Waals surface area contributed by atoms with Crippen molar-refractivity contribution in [2.75, 3.05) is 25.1 Å². The number of carbonyl (C=O) groups excluding carboxylic acids is 1. The Morgan fingerprint density at radius 1 is 1.27 bits per heavy atom. The molecule has 0 spiro atoms. The number of rotatable bonds is 3. The van der Waals surface area contributed by atoms with Crippen molar-refractivity contribution in [3.05, 3.63) is 29.5 Å². The molecule has 0 radical (unpaired) electrons. The lowest BCUT2D eigenvalue weighted by atomic mass is 10.1. The van der Waals surface area contributed by atoms with E-state index < -0.39 is 17.8 Å². The van der Waals surface area contributed by atoms with Crippen LogP contribution in [0.3, 0.4) is 0 Å². The van der Waals surface area contributed by atoms with Gasteiger partial charge in [-0.1, -0.05) is 0 Å². The predicted molar refractivity (Wildman–Crippen MR) is 76.4 cm³/mol. The molecule has 1 aromatic heterocycles. The Labute approximate surface area is 126 Å². The van der Waals surface area contributed by atoms with Crippen molar-refractivity contribution in [2.45, 2.75) is 25.4 Å². The quantitative estimate of drug-likeness (QED) is 0.634. The Hall–Kier alpha value is -2.05. The monoisotopic (exact) mass is 314 g/mol. The Bertz CT molecular complexity index is 564. The van der Waals surface area contributed by atoms with Crippen LogP contribution in [0.15, 0.2) is 18.2 Å². The molecule has 1 aromatic rings. The number of ether oxygens (including phenoxy) is 1. The van der Waals surface area contributed by atoms with Gasteiger partial charge in [0.15, 0.2) is 0 Å². The number of hydrogen-bond acceptors (Lipinski definition) is 4. The zero-order valence-electron chi connectivity index (χ0n) is 12.2. The Kier molecular flexibility index (Phi) is 5.05. The van der Waals surface area contributed by atoms with Gasteiger partial charge in [-0.25, -0.2) is 9.78 Å². The summed E-state index contributed by atoms with van der Waals surface area (Å²) in [6.07, 6.45) is 1.01. The average Bonchev–Trinajstić information content (AvgIpc) is 2.52. The fourth-order valence-corrected chi connectivity index (χ4v) is 2.33. The lowest BCUT2D eigenvalue weighted by molar-refractivity contribution is -0.141. The average molecular weight is 314 g/mol. The maximum atomic E-state index is 12.9. The van der Waals surface area contributed by atoms with Crippen molar-refractivity contribution in [2.24, 2.45) is 0 Å². The minimum atomic E-state index is -4.49. The molecule has 120 valence electrons. The fraction of sp³-hybridized carbons (Fsp3) is 0.467. The lowest BCUT2D eigenvalue weighted by Gasteiger charge is -2.29. The standard InChI is InChI=1S/C15H17F3N2O2/c1-22-13(21)8-6-11-5-7-12(15(16,17)18)19-14(11)20-9-3-2-4-10-20/h5-8H,2-4,9-10H2,1H3. The van der Waals surface area contributed by atoms with Gasteiger partial charge in [0.05, 0.1) is 7.11 Å². The molecule has 1 saturated heterocycles. The molecule has 0 amide bonds. The SMILES string of the molecule is COC(=O)C=Cc1ccc(C(F)(F)F)nc1N1CCCCC1. The van der Waals surface area contributed by atoms with Crippen LogP contribution >= 0.6 is 0 Å². The molecule has 0 unspecified atom stereocenters. The first-order chi connectivity index (χ1) is 10.4. The topological polar surface area (TPSA) is 42.4 Å². The van der Waals surface area contributed by atoms with Crippen LogP contribution in [-0.4, -0.2) is 31.2 Å². The van der Waals surface area contributed by atoms with Gasteiger partial charge >= 0.3 is 12.1 Å². The smallest absolute Gasteiger partial charge is 0.433 e. The summed E-state index contributed by atoms with van der Waals surface area (Å²) < 4.78 is 43.1. The van der Waals surface area contributed by atoms with Gasteiger partial charge in [0, 0.05) is 24.7 Å². The molecule has 1 aliphatic heterocycles. The molecule has 0 N–H and O–H groups in total. The molecule has 4 nitrogen and oxygen atoms in total. The fourth-order valence-electron chi connectivity index (χ4n) is 2.33. The zero-order valence-corrected chi connectivity index (χ0v) is 12.2. The van der Waals surface area contributed by atoms with Crippen LogP contribution in [0.1, 0.15) is 30.5 Å². The van der Waals surface area contributed by atoms with Crippen LogP contribution in [0.25, 0.3) is 6.08 Å². The third kappa shape index (κ3) is 3.99. The molecule has 2 heterocycles. The highest BCUT2D eigenvalue weighted by molar-refractivity contribution is 5.88. The van der Waals surface area contributed by atoms with Crippen LogP contribution in [0.5, 0.6) is 0 Å². The van der Waals surface area contributed by atoms with E-state index in [9.17, 15) is 18.0 Å². The molecule has 0 aromatic carbocycles. The van der Waals surface area contributed by atoms with E-state index in [2.05, 4.69) is 9.72 Å². The Balaban J connectivity index is 2.38. The van der Waals surface area contributed by atoms with Crippen molar-refractivity contribution in [1.82, 2.24) is 4.98 Å². The summed E-state index contributed by atoms with van der Waals surface area (Å²) in [7, 11) is 1.24. The van der Waals surface area contributed by atoms with E-state index >= 15 is 0 Å². The normalized spacial score (nSPS) is 16.1. The van der Waals surface area contributed by atoms with Gasteiger partial charge in [-0.15, -0.1) is 0 Å². The second kappa shape index (κ2) is 6.81. The van der Waals surface area contributed by atoms with E-state index in [1.165, 1.54) is 25.3 Å². The summed E-state index contributed by atoms with van der Waals surface area (Å²) in [5.41, 5.74) is -0.455. The second-order valence-corrected chi connectivity index (χ2v) is 5.01. The van der Waals surface area contributed by atoms with Gasteiger partial charge in [0.25, 0.3) is 0 Å². The number of halogens is 3. The second-order valence-electron chi connectivity index (χ2n) is 5.01. The molecule has 1 aliphatic rings. The predicted octanol–water partition coefficient (Wildman–Crippen LogP) is 3.28. The first-order valence-corrected chi connectivity index (χ1v) is 7.01. The number of alkyl halides is 3. The van der Waals surface area contributed by atoms with Crippen molar-refractivity contribution >= 4 is 17.9 Å². The molecule has 1 fully saturated rings. The first kappa shape index (κ1) is 16.3. The number of carbonyl (C=O) groups is 1. The molecule has 7 heteroatoms. The van der Waals surface area contributed by atoms with E-state index in [0.717, 1.165) is 25.3 Å². The molecule has 0 bridgehead atoms. The lowest BCUT2D eigenvalue weighted by Crippen LogP contribution is -2.31. The van der Waals surface area contributed by atoms with E-state index in [4.69, 9.17) is 0 Å². The van der Waals surface area contributed by atoms with Gasteiger partial charge in [-0.05, 0) is 37.5 Å². The third-order valence-electron chi connectivity index (χ3n) is 3.45. The van der Waals surface area contributed by atoms with Crippen LogP contribution < -0.4 is 4.90 Å². The molecule has 2 rings (SSSR count). The highest BCUT2D eigenvalue weighted by Crippen LogP contribution is 2.31. The van der Waals surface area contributed by atoms with Crippen LogP contribution in [0.2, 0.25) is 0 Å². The first-order valence-electron chi connectivity index (χ1n) is 7.01. The van der Waals surface area contributed by atoms with Crippen molar-refractivity contribution in [3.8, 4) is 0 Å². The summed E-state index contributed by atoms with van der Waals surface area (Å²) in [4.78, 5) is 16.8. The van der Waals surface area contributed by atoms with Gasteiger partial charge in [-0.2, -0.15) is 13.2 Å². The van der Waals surface area contributed by atoms with Crippen LogP contribution in [-0.2, 0) is 15.7 Å². The number of anilines is 1. The largest absolute Gasteiger partial charge is 0.466 e. The number of hydrogen-bond donors (Lipinski definition) is 0. The number of nitrogens with zero attached hydrogens (tertiary/aromatic N) is 2. The number of piperidine rings is 1. The zero-order chi connectivity index (χ0) is 16.2. The van der Waals surface area contributed by atoms with E-state index in [1.807, 2.05) is 4.90 Å². The maximum absolute atomic E-state index is 12.9. The Morgan fingerprint density at radius 3 is 2.55 bits per heavy atom. The van der Waals surface area contributed by atoms with Gasteiger partial charge < -0.3 is 9.64 Å². The van der Waals surface area contributed by atoms with Gasteiger partial charge in [-0.3, -0.25) is 0 Å². The van der Waals surface area contributed by atoms with Crippen molar-refractivity contribution < 1.29 is 22.7 Å². The molecule has 0 aliphatic carbocycles. The molecule has 22 heavy (non-hydrogen) atoms. The summed E-state index contributed by atoms with van der Waals surface area (Å²) in [6.45, 7) is 1.32. The summed E-state index contributed by atoms with van der Waals surface area (Å²) in [6, 6.07) is 2.25. The van der Waals surface area contributed by atoms with Gasteiger partial charge in [0.2, 0.25) is 0 Å². The summed E-state index contributed by atoms with van der Waals surface area (Å²) in [5.74, 6) is -0.306. The number of aromatic nitrogens is 1. The van der Waals surface area contributed by atoms with Gasteiger partial charge in [0.1, 0.15) is 11.5 Å². The maximum Gasteiger partial charge on any atom is 0.433 e. The van der Waals surface area contributed by atoms with Crippen LogP contribution in [0, 0.1) is 0 Å². The van der Waals surface area contributed by atoms with Crippen molar-refractivity contribution in [1.29, 1.82) is 0 Å². The van der Waals surface area contributed by atoms with E-state index in [-0.39, 0.29) is 5.82 Å². The molecular formula is C15H17F3N2O2.